The summed E-state index contributed by atoms with van der Waals surface area (Å²) in [5.74, 6) is 0. The van der Waals surface area contributed by atoms with Crippen LogP contribution in [0.4, 0.5) is 0 Å². The third kappa shape index (κ3) is 5.25. The lowest BCUT2D eigenvalue weighted by molar-refractivity contribution is -0.0386. The molecule has 0 amide bonds. The molecule has 1 rings (SSSR count). The van der Waals surface area contributed by atoms with E-state index in [2.05, 4.69) is 26.1 Å². The zero-order chi connectivity index (χ0) is 13.5. The fourth-order valence-electron chi connectivity index (χ4n) is 2.53. The van der Waals surface area contributed by atoms with E-state index in [-0.39, 0.29) is 5.60 Å². The molecule has 0 aliphatic carbocycles. The number of nitrogens with one attached hydrogen (secondary N) is 1. The number of ether oxygens (including phenoxy) is 2. The van der Waals surface area contributed by atoms with E-state index in [0.717, 1.165) is 32.7 Å². The monoisotopic (exact) mass is 257 g/mol. The van der Waals surface area contributed by atoms with Gasteiger partial charge in [-0.05, 0) is 52.5 Å². The first kappa shape index (κ1) is 15.9. The Morgan fingerprint density at radius 3 is 2.72 bits per heavy atom. The van der Waals surface area contributed by atoms with Gasteiger partial charge in [0.2, 0.25) is 0 Å². The molecule has 1 unspecified atom stereocenters. The lowest BCUT2D eigenvalue weighted by Crippen LogP contribution is -2.42. The Morgan fingerprint density at radius 1 is 1.39 bits per heavy atom. The molecule has 3 nitrogen and oxygen atoms in total. The van der Waals surface area contributed by atoms with Gasteiger partial charge in [-0.15, -0.1) is 0 Å². The summed E-state index contributed by atoms with van der Waals surface area (Å²) in [6, 6.07) is 0. The van der Waals surface area contributed by atoms with Gasteiger partial charge in [-0.3, -0.25) is 0 Å². The zero-order valence-electron chi connectivity index (χ0n) is 12.7. The summed E-state index contributed by atoms with van der Waals surface area (Å²) in [5.41, 5.74) is 0.304. The molecular weight excluding hydrogens is 226 g/mol. The maximum Gasteiger partial charge on any atom is 0.0623 e. The van der Waals surface area contributed by atoms with Crippen LogP contribution in [0.5, 0.6) is 0 Å². The van der Waals surface area contributed by atoms with E-state index in [1.54, 1.807) is 7.11 Å². The van der Waals surface area contributed by atoms with Crippen molar-refractivity contribution in [2.24, 2.45) is 5.41 Å². The molecular formula is C15H31NO2. The molecule has 1 aliphatic rings. The van der Waals surface area contributed by atoms with Crippen LogP contribution in [-0.2, 0) is 9.47 Å². The van der Waals surface area contributed by atoms with Crippen LogP contribution < -0.4 is 5.32 Å². The standard InChI is InChI=1S/C15H31NO2/c1-5-10-16-12-15(7-6-11-18-13-15)9-8-14(2,3)17-4/h16H,5-13H2,1-4H3. The lowest BCUT2D eigenvalue weighted by Gasteiger charge is -2.39. The topological polar surface area (TPSA) is 30.5 Å². The van der Waals surface area contributed by atoms with Crippen molar-refractivity contribution in [3.8, 4) is 0 Å². The highest BCUT2D eigenvalue weighted by Crippen LogP contribution is 2.35. The normalized spacial score (nSPS) is 25.3. The molecule has 1 aliphatic heterocycles. The van der Waals surface area contributed by atoms with Crippen LogP contribution in [0.15, 0.2) is 0 Å². The van der Waals surface area contributed by atoms with Crippen molar-refractivity contribution < 1.29 is 9.47 Å². The fraction of sp³-hybridized carbons (Fsp3) is 1.00. The SMILES string of the molecule is CCCNCC1(CCC(C)(C)OC)CCCOC1. The first-order chi connectivity index (χ1) is 8.54. The van der Waals surface area contributed by atoms with Crippen molar-refractivity contribution >= 4 is 0 Å². The lowest BCUT2D eigenvalue weighted by atomic mass is 9.76. The number of methoxy groups -OCH3 is 1. The molecule has 1 N–H and O–H groups in total. The van der Waals surface area contributed by atoms with Crippen LogP contribution >= 0.6 is 0 Å². The summed E-state index contributed by atoms with van der Waals surface area (Å²) in [4.78, 5) is 0. The van der Waals surface area contributed by atoms with Gasteiger partial charge in [0.25, 0.3) is 0 Å². The van der Waals surface area contributed by atoms with Gasteiger partial charge in [-0.2, -0.15) is 0 Å². The molecule has 1 fully saturated rings. The highest BCUT2D eigenvalue weighted by atomic mass is 16.5. The van der Waals surface area contributed by atoms with Gasteiger partial charge in [-0.25, -0.2) is 0 Å². The molecule has 0 spiro atoms. The van der Waals surface area contributed by atoms with Gasteiger partial charge in [0, 0.05) is 25.7 Å². The molecule has 108 valence electrons. The quantitative estimate of drug-likeness (QED) is 0.678. The molecule has 18 heavy (non-hydrogen) atoms. The minimum absolute atomic E-state index is 0.0186. The maximum atomic E-state index is 5.73. The van der Waals surface area contributed by atoms with E-state index in [0.29, 0.717) is 5.41 Å². The summed E-state index contributed by atoms with van der Waals surface area (Å²) in [6.45, 7) is 10.6. The summed E-state index contributed by atoms with van der Waals surface area (Å²) in [7, 11) is 1.80. The second-order valence-corrected chi connectivity index (χ2v) is 6.30. The van der Waals surface area contributed by atoms with E-state index in [1.807, 2.05) is 0 Å². The van der Waals surface area contributed by atoms with Crippen molar-refractivity contribution in [2.75, 3.05) is 33.4 Å². The summed E-state index contributed by atoms with van der Waals surface area (Å²) < 4.78 is 11.3. The average molecular weight is 257 g/mol. The second-order valence-electron chi connectivity index (χ2n) is 6.30. The largest absolute Gasteiger partial charge is 0.381 e. The fourth-order valence-corrected chi connectivity index (χ4v) is 2.53. The molecule has 0 saturated carbocycles. The van der Waals surface area contributed by atoms with Crippen LogP contribution in [0.1, 0.15) is 52.9 Å². The van der Waals surface area contributed by atoms with E-state index in [9.17, 15) is 0 Å². The third-order valence-electron chi connectivity index (χ3n) is 4.14. The van der Waals surface area contributed by atoms with E-state index >= 15 is 0 Å². The highest BCUT2D eigenvalue weighted by molar-refractivity contribution is 4.86. The Balaban J connectivity index is 2.48. The maximum absolute atomic E-state index is 5.73. The van der Waals surface area contributed by atoms with E-state index < -0.39 is 0 Å². The van der Waals surface area contributed by atoms with E-state index in [4.69, 9.17) is 9.47 Å². The zero-order valence-corrected chi connectivity index (χ0v) is 12.7. The molecule has 0 aromatic carbocycles. The Hall–Kier alpha value is -0.120. The minimum Gasteiger partial charge on any atom is -0.381 e. The second kappa shape index (κ2) is 7.46. The summed E-state index contributed by atoms with van der Waals surface area (Å²) in [6.07, 6.45) is 5.95. The van der Waals surface area contributed by atoms with Gasteiger partial charge in [0.15, 0.2) is 0 Å². The molecule has 1 heterocycles. The number of hydrogen-bond acceptors (Lipinski definition) is 3. The molecule has 1 saturated heterocycles. The average Bonchev–Trinajstić information content (AvgIpc) is 2.38. The molecule has 3 heteroatoms. The Morgan fingerprint density at radius 2 is 2.17 bits per heavy atom. The van der Waals surface area contributed by atoms with Gasteiger partial charge in [0.1, 0.15) is 0 Å². The first-order valence-corrected chi connectivity index (χ1v) is 7.37. The van der Waals surface area contributed by atoms with Crippen molar-refractivity contribution in [1.82, 2.24) is 5.32 Å². The summed E-state index contributed by atoms with van der Waals surface area (Å²) >= 11 is 0. The van der Waals surface area contributed by atoms with Crippen molar-refractivity contribution in [3.63, 3.8) is 0 Å². The minimum atomic E-state index is -0.0186. The van der Waals surface area contributed by atoms with Gasteiger partial charge in [-0.1, -0.05) is 6.92 Å². The van der Waals surface area contributed by atoms with Gasteiger partial charge in [0.05, 0.1) is 12.2 Å². The van der Waals surface area contributed by atoms with E-state index in [1.165, 1.54) is 25.7 Å². The Bertz CT molecular complexity index is 223. The predicted molar refractivity (Wildman–Crippen MR) is 76.0 cm³/mol. The molecule has 0 aromatic heterocycles. The van der Waals surface area contributed by atoms with Crippen LogP contribution in [0.2, 0.25) is 0 Å². The third-order valence-corrected chi connectivity index (χ3v) is 4.14. The van der Waals surface area contributed by atoms with Crippen molar-refractivity contribution in [2.45, 2.75) is 58.5 Å². The highest BCUT2D eigenvalue weighted by Gasteiger charge is 2.34. The van der Waals surface area contributed by atoms with Crippen LogP contribution in [0.3, 0.4) is 0 Å². The van der Waals surface area contributed by atoms with Crippen molar-refractivity contribution in [3.05, 3.63) is 0 Å². The van der Waals surface area contributed by atoms with Crippen LogP contribution in [-0.4, -0.2) is 39.0 Å². The Kier molecular flexibility index (Phi) is 6.61. The smallest absolute Gasteiger partial charge is 0.0623 e. The van der Waals surface area contributed by atoms with Gasteiger partial charge >= 0.3 is 0 Å². The van der Waals surface area contributed by atoms with Crippen LogP contribution in [0, 0.1) is 5.41 Å². The summed E-state index contributed by atoms with van der Waals surface area (Å²) in [5, 5.41) is 3.58. The molecule has 1 atom stereocenters. The Labute approximate surface area is 113 Å². The first-order valence-electron chi connectivity index (χ1n) is 7.37. The molecule has 0 aromatic rings. The predicted octanol–water partition coefficient (Wildman–Crippen LogP) is 2.99. The van der Waals surface area contributed by atoms with Crippen molar-refractivity contribution in [1.29, 1.82) is 0 Å². The number of rotatable bonds is 8. The van der Waals surface area contributed by atoms with Gasteiger partial charge < -0.3 is 14.8 Å². The molecule has 0 radical (unpaired) electrons. The number of hydrogen-bond donors (Lipinski definition) is 1. The van der Waals surface area contributed by atoms with Crippen LogP contribution in [0.25, 0.3) is 0 Å². The molecule has 0 bridgehead atoms.